The van der Waals surface area contributed by atoms with Gasteiger partial charge in [-0.05, 0) is 26.3 Å². The molecule has 0 bridgehead atoms. The summed E-state index contributed by atoms with van der Waals surface area (Å²) in [7, 11) is 1.50. The van der Waals surface area contributed by atoms with E-state index in [4.69, 9.17) is 0 Å². The van der Waals surface area contributed by atoms with Crippen LogP contribution in [0.1, 0.15) is 26.2 Å². The van der Waals surface area contributed by atoms with Crippen LogP contribution in [-0.2, 0) is 0 Å². The highest BCUT2D eigenvalue weighted by molar-refractivity contribution is 4.93. The van der Waals surface area contributed by atoms with Crippen molar-refractivity contribution < 1.29 is 8.78 Å². The monoisotopic (exact) mass is 151 g/mol. The fraction of sp³-hybridized carbons (Fsp3) is 1.00. The molecule has 3 heteroatoms. The number of nitrogens with two attached hydrogens (primary N) is 1. The van der Waals surface area contributed by atoms with Gasteiger partial charge in [-0.1, -0.05) is 6.92 Å². The van der Waals surface area contributed by atoms with E-state index in [1.807, 2.05) is 6.92 Å². The molecule has 1 saturated carbocycles. The van der Waals surface area contributed by atoms with Gasteiger partial charge in [0.05, 0.1) is 0 Å². The lowest BCUT2D eigenvalue weighted by Crippen LogP contribution is -2.09. The van der Waals surface area contributed by atoms with Gasteiger partial charge in [0.1, 0.15) is 0 Å². The Bertz CT molecular complexity index is 89.6. The summed E-state index contributed by atoms with van der Waals surface area (Å²) in [5, 5.41) is 0. The van der Waals surface area contributed by atoms with Crippen LogP contribution in [0.15, 0.2) is 0 Å². The van der Waals surface area contributed by atoms with Gasteiger partial charge in [0.2, 0.25) is 6.43 Å². The SMILES string of the molecule is CCC1(C(F)F)CC1.CN. The van der Waals surface area contributed by atoms with Crippen molar-refractivity contribution in [2.45, 2.75) is 32.6 Å². The molecule has 1 aliphatic rings. The summed E-state index contributed by atoms with van der Waals surface area (Å²) in [6.45, 7) is 1.83. The smallest absolute Gasteiger partial charge is 0.244 e. The Kier molecular flexibility index (Phi) is 3.79. The van der Waals surface area contributed by atoms with Crippen LogP contribution in [-0.4, -0.2) is 13.5 Å². The first-order valence-electron chi connectivity index (χ1n) is 3.57. The largest absolute Gasteiger partial charge is 0.333 e. The van der Waals surface area contributed by atoms with E-state index >= 15 is 0 Å². The molecule has 10 heavy (non-hydrogen) atoms. The summed E-state index contributed by atoms with van der Waals surface area (Å²) in [4.78, 5) is 0. The molecule has 0 spiro atoms. The highest BCUT2D eigenvalue weighted by atomic mass is 19.3. The zero-order valence-corrected chi connectivity index (χ0v) is 6.53. The van der Waals surface area contributed by atoms with Crippen LogP contribution < -0.4 is 5.73 Å². The molecule has 1 nitrogen and oxygen atoms in total. The minimum Gasteiger partial charge on any atom is -0.333 e. The maximum Gasteiger partial charge on any atom is 0.244 e. The molecular weight excluding hydrogens is 136 g/mol. The van der Waals surface area contributed by atoms with E-state index in [9.17, 15) is 8.78 Å². The van der Waals surface area contributed by atoms with Crippen molar-refractivity contribution in [3.05, 3.63) is 0 Å². The predicted octanol–water partition coefficient (Wildman–Crippen LogP) is 2.02. The number of hydrogen-bond acceptors (Lipinski definition) is 1. The van der Waals surface area contributed by atoms with Crippen molar-refractivity contribution in [1.29, 1.82) is 0 Å². The Hall–Kier alpha value is -0.180. The fourth-order valence-corrected chi connectivity index (χ4v) is 0.887. The number of hydrogen-bond donors (Lipinski definition) is 1. The van der Waals surface area contributed by atoms with Crippen molar-refractivity contribution in [3.63, 3.8) is 0 Å². The van der Waals surface area contributed by atoms with Crippen molar-refractivity contribution in [3.8, 4) is 0 Å². The zero-order valence-electron chi connectivity index (χ0n) is 6.53. The Labute approximate surface area is 60.6 Å². The van der Waals surface area contributed by atoms with E-state index < -0.39 is 11.8 Å². The second-order valence-electron chi connectivity index (χ2n) is 2.52. The molecule has 0 aromatic rings. The van der Waals surface area contributed by atoms with Gasteiger partial charge in [0.15, 0.2) is 0 Å². The van der Waals surface area contributed by atoms with Crippen LogP contribution in [0.3, 0.4) is 0 Å². The van der Waals surface area contributed by atoms with E-state index in [1.54, 1.807) is 0 Å². The number of halogens is 2. The van der Waals surface area contributed by atoms with Crippen LogP contribution in [0.4, 0.5) is 8.78 Å². The van der Waals surface area contributed by atoms with Crippen LogP contribution in [0.2, 0.25) is 0 Å². The van der Waals surface area contributed by atoms with Gasteiger partial charge in [-0.25, -0.2) is 8.78 Å². The summed E-state index contributed by atoms with van der Waals surface area (Å²) in [6, 6.07) is 0. The lowest BCUT2D eigenvalue weighted by atomic mass is 10.1. The van der Waals surface area contributed by atoms with Crippen LogP contribution in [0.25, 0.3) is 0 Å². The van der Waals surface area contributed by atoms with Crippen molar-refractivity contribution in [2.75, 3.05) is 7.05 Å². The van der Waals surface area contributed by atoms with E-state index in [1.165, 1.54) is 7.05 Å². The highest BCUT2D eigenvalue weighted by Crippen LogP contribution is 2.53. The van der Waals surface area contributed by atoms with Gasteiger partial charge in [0, 0.05) is 5.41 Å². The molecule has 0 atom stereocenters. The minimum absolute atomic E-state index is 0.542. The maximum absolute atomic E-state index is 11.9. The third kappa shape index (κ3) is 1.90. The Balaban J connectivity index is 0.000000371. The third-order valence-electron chi connectivity index (χ3n) is 2.06. The molecule has 0 unspecified atom stereocenters. The van der Waals surface area contributed by atoms with Crippen LogP contribution in [0.5, 0.6) is 0 Å². The number of rotatable bonds is 2. The predicted molar refractivity (Wildman–Crippen MR) is 38.1 cm³/mol. The summed E-state index contributed by atoms with van der Waals surface area (Å²) in [5.74, 6) is 0. The molecule has 0 aliphatic heterocycles. The van der Waals surface area contributed by atoms with Gasteiger partial charge >= 0.3 is 0 Å². The molecule has 1 aliphatic carbocycles. The number of alkyl halides is 2. The molecule has 0 aromatic carbocycles. The molecule has 0 radical (unpaired) electrons. The second-order valence-corrected chi connectivity index (χ2v) is 2.52. The Morgan fingerprint density at radius 3 is 1.80 bits per heavy atom. The van der Waals surface area contributed by atoms with E-state index in [2.05, 4.69) is 5.73 Å². The van der Waals surface area contributed by atoms with Crippen molar-refractivity contribution in [2.24, 2.45) is 11.1 Å². The van der Waals surface area contributed by atoms with Crippen LogP contribution >= 0.6 is 0 Å². The van der Waals surface area contributed by atoms with Gasteiger partial charge in [0.25, 0.3) is 0 Å². The summed E-state index contributed by atoms with van der Waals surface area (Å²) >= 11 is 0. The average Bonchev–Trinajstić information content (AvgIpc) is 2.71. The van der Waals surface area contributed by atoms with Crippen molar-refractivity contribution in [1.82, 2.24) is 0 Å². The van der Waals surface area contributed by atoms with E-state index in [0.717, 1.165) is 12.8 Å². The standard InChI is InChI=1S/C6H10F2.CH5N/c1-2-6(3-4-6)5(7)8;1-2/h5H,2-4H2,1H3;2H2,1H3. The highest BCUT2D eigenvalue weighted by Gasteiger charge is 2.48. The van der Waals surface area contributed by atoms with Crippen molar-refractivity contribution >= 4 is 0 Å². The molecule has 0 aromatic heterocycles. The fourth-order valence-electron chi connectivity index (χ4n) is 0.887. The molecule has 1 fully saturated rings. The Morgan fingerprint density at radius 1 is 1.40 bits per heavy atom. The molecule has 2 N–H and O–H groups in total. The average molecular weight is 151 g/mol. The quantitative estimate of drug-likeness (QED) is 0.642. The van der Waals surface area contributed by atoms with E-state index in [0.29, 0.717) is 6.42 Å². The molecule has 0 amide bonds. The van der Waals surface area contributed by atoms with Crippen LogP contribution in [0, 0.1) is 5.41 Å². The molecule has 62 valence electrons. The zero-order chi connectivity index (χ0) is 8.20. The third-order valence-corrected chi connectivity index (χ3v) is 2.06. The summed E-state index contributed by atoms with van der Waals surface area (Å²) < 4.78 is 23.8. The van der Waals surface area contributed by atoms with E-state index in [-0.39, 0.29) is 0 Å². The molecule has 0 heterocycles. The van der Waals surface area contributed by atoms with Gasteiger partial charge in [-0.2, -0.15) is 0 Å². The lowest BCUT2D eigenvalue weighted by Gasteiger charge is -2.08. The maximum atomic E-state index is 11.9. The first-order valence-corrected chi connectivity index (χ1v) is 3.57. The normalized spacial score (nSPS) is 19.8. The second kappa shape index (κ2) is 3.86. The molecule has 1 rings (SSSR count). The minimum atomic E-state index is -2.08. The topological polar surface area (TPSA) is 26.0 Å². The first kappa shape index (κ1) is 9.82. The lowest BCUT2D eigenvalue weighted by molar-refractivity contribution is 0.0593. The van der Waals surface area contributed by atoms with Gasteiger partial charge in [-0.3, -0.25) is 0 Å². The Morgan fingerprint density at radius 2 is 1.80 bits per heavy atom. The van der Waals surface area contributed by atoms with Gasteiger partial charge in [-0.15, -0.1) is 0 Å². The summed E-state index contributed by atoms with van der Waals surface area (Å²) in [5.41, 5.74) is 3.96. The summed E-state index contributed by atoms with van der Waals surface area (Å²) in [6.07, 6.45) is 0.0417. The molecule has 0 saturated heterocycles. The first-order chi connectivity index (χ1) is 4.71. The molecular formula is C7H15F2N. The van der Waals surface area contributed by atoms with Gasteiger partial charge < -0.3 is 5.73 Å².